The SMILES string of the molecule is CCc1cnc2n1CCCc1c-2[nH]c(=O)c(C(=O)O)c1O. The maximum atomic E-state index is 11.9. The normalized spacial score (nSPS) is 13.4. The van der Waals surface area contributed by atoms with Crippen LogP contribution in [0.25, 0.3) is 11.5 Å². The second-order valence-corrected chi connectivity index (χ2v) is 5.02. The number of carbonyl (C=O) groups is 1. The van der Waals surface area contributed by atoms with E-state index in [1.54, 1.807) is 6.20 Å². The van der Waals surface area contributed by atoms with Gasteiger partial charge in [0.25, 0.3) is 5.56 Å². The van der Waals surface area contributed by atoms with Crippen molar-refractivity contribution in [3.05, 3.63) is 33.4 Å². The van der Waals surface area contributed by atoms with E-state index in [1.165, 1.54) is 0 Å². The van der Waals surface area contributed by atoms with Gasteiger partial charge in [-0.25, -0.2) is 9.78 Å². The number of fused-ring (bicyclic) bond motifs is 3. The summed E-state index contributed by atoms with van der Waals surface area (Å²) in [6.45, 7) is 2.74. The van der Waals surface area contributed by atoms with E-state index in [0.717, 1.165) is 25.1 Å². The number of hydrogen-bond donors (Lipinski definition) is 3. The van der Waals surface area contributed by atoms with E-state index in [-0.39, 0.29) is 0 Å². The topological polar surface area (TPSA) is 108 Å². The number of hydrogen-bond acceptors (Lipinski definition) is 4. The number of pyridine rings is 1. The Hall–Kier alpha value is -2.57. The number of aromatic amines is 1. The minimum absolute atomic E-state index is 0.416. The first-order chi connectivity index (χ1) is 10.0. The van der Waals surface area contributed by atoms with Gasteiger partial charge in [-0.05, 0) is 19.3 Å². The van der Waals surface area contributed by atoms with Gasteiger partial charge in [0.15, 0.2) is 11.4 Å². The molecule has 0 unspecified atom stereocenters. The molecule has 1 aliphatic rings. The van der Waals surface area contributed by atoms with Crippen LogP contribution in [0.2, 0.25) is 0 Å². The summed E-state index contributed by atoms with van der Waals surface area (Å²) in [5.74, 6) is -1.31. The van der Waals surface area contributed by atoms with Crippen molar-refractivity contribution in [1.29, 1.82) is 0 Å². The molecule has 0 spiro atoms. The van der Waals surface area contributed by atoms with Crippen LogP contribution in [0, 0.1) is 0 Å². The van der Waals surface area contributed by atoms with Crippen LogP contribution in [0.1, 0.15) is 35.0 Å². The molecule has 7 nitrogen and oxygen atoms in total. The molecule has 0 aromatic carbocycles. The van der Waals surface area contributed by atoms with E-state index >= 15 is 0 Å². The number of H-pyrrole nitrogens is 1. The maximum absolute atomic E-state index is 11.9. The minimum atomic E-state index is -1.43. The molecule has 0 atom stereocenters. The van der Waals surface area contributed by atoms with Crippen molar-refractivity contribution >= 4 is 5.97 Å². The Kier molecular flexibility index (Phi) is 3.04. The van der Waals surface area contributed by atoms with Crippen LogP contribution in [0.4, 0.5) is 0 Å². The van der Waals surface area contributed by atoms with Gasteiger partial charge in [0.2, 0.25) is 0 Å². The number of carboxylic acids is 1. The number of imidazole rings is 1. The van der Waals surface area contributed by atoms with Crippen LogP contribution in [0.5, 0.6) is 5.75 Å². The molecular formula is C14H15N3O4. The van der Waals surface area contributed by atoms with Gasteiger partial charge in [0.1, 0.15) is 5.75 Å². The van der Waals surface area contributed by atoms with Crippen molar-refractivity contribution in [2.45, 2.75) is 32.7 Å². The number of nitrogens with zero attached hydrogens (tertiary/aromatic N) is 2. The first-order valence-electron chi connectivity index (χ1n) is 6.80. The van der Waals surface area contributed by atoms with E-state index in [1.807, 2.05) is 11.5 Å². The standard InChI is InChI=1S/C14H15N3O4/c1-2-7-6-15-12-10-8(4-3-5-17(7)12)11(18)9(14(20)21)13(19)16-10/h6H,2-5H2,1H3,(H,20,21)(H2,16,18,19). The Morgan fingerprint density at radius 2 is 2.29 bits per heavy atom. The van der Waals surface area contributed by atoms with Gasteiger partial charge in [-0.3, -0.25) is 4.79 Å². The fourth-order valence-electron chi connectivity index (χ4n) is 2.82. The first-order valence-corrected chi connectivity index (χ1v) is 6.80. The van der Waals surface area contributed by atoms with Crippen LogP contribution >= 0.6 is 0 Å². The number of aromatic hydroxyl groups is 1. The van der Waals surface area contributed by atoms with Gasteiger partial charge < -0.3 is 19.8 Å². The second kappa shape index (κ2) is 4.76. The molecule has 0 bridgehead atoms. The molecule has 0 amide bonds. The first kappa shape index (κ1) is 13.4. The molecular weight excluding hydrogens is 274 g/mol. The summed E-state index contributed by atoms with van der Waals surface area (Å²) >= 11 is 0. The van der Waals surface area contributed by atoms with Crippen LogP contribution in [-0.2, 0) is 19.4 Å². The third-order valence-corrected chi connectivity index (χ3v) is 3.84. The zero-order valence-electron chi connectivity index (χ0n) is 11.5. The van der Waals surface area contributed by atoms with Crippen molar-refractivity contribution in [3.8, 4) is 17.3 Å². The molecule has 0 aliphatic carbocycles. The number of aromatic nitrogens is 3. The van der Waals surface area contributed by atoms with Gasteiger partial charge in [-0.2, -0.15) is 0 Å². The Morgan fingerprint density at radius 3 is 2.95 bits per heavy atom. The summed E-state index contributed by atoms with van der Waals surface area (Å²) in [7, 11) is 0. The van der Waals surface area contributed by atoms with Gasteiger partial charge >= 0.3 is 5.97 Å². The Bertz CT molecular complexity index is 788. The van der Waals surface area contributed by atoms with Crippen LogP contribution in [-0.4, -0.2) is 30.7 Å². The maximum Gasteiger partial charge on any atom is 0.345 e. The van der Waals surface area contributed by atoms with Crippen molar-refractivity contribution in [2.24, 2.45) is 0 Å². The molecule has 0 fully saturated rings. The highest BCUT2D eigenvalue weighted by atomic mass is 16.4. The fourth-order valence-corrected chi connectivity index (χ4v) is 2.82. The number of rotatable bonds is 2. The zero-order chi connectivity index (χ0) is 15.1. The fraction of sp³-hybridized carbons (Fsp3) is 0.357. The second-order valence-electron chi connectivity index (χ2n) is 5.02. The van der Waals surface area contributed by atoms with E-state index in [9.17, 15) is 14.7 Å². The highest BCUT2D eigenvalue weighted by Gasteiger charge is 2.26. The smallest absolute Gasteiger partial charge is 0.345 e. The predicted octanol–water partition coefficient (Wildman–Crippen LogP) is 1.15. The predicted molar refractivity (Wildman–Crippen MR) is 74.6 cm³/mol. The molecule has 3 rings (SSSR count). The van der Waals surface area contributed by atoms with Crippen LogP contribution in [0.3, 0.4) is 0 Å². The van der Waals surface area contributed by atoms with E-state index in [0.29, 0.717) is 23.5 Å². The monoisotopic (exact) mass is 289 g/mol. The molecule has 3 heterocycles. The van der Waals surface area contributed by atoms with Crippen molar-refractivity contribution < 1.29 is 15.0 Å². The lowest BCUT2D eigenvalue weighted by molar-refractivity contribution is 0.0691. The molecule has 1 aliphatic heterocycles. The molecule has 7 heteroatoms. The molecule has 2 aromatic rings. The van der Waals surface area contributed by atoms with Gasteiger partial charge in [0.05, 0.1) is 5.69 Å². The molecule has 3 N–H and O–H groups in total. The van der Waals surface area contributed by atoms with E-state index < -0.39 is 22.8 Å². The molecule has 21 heavy (non-hydrogen) atoms. The van der Waals surface area contributed by atoms with Crippen LogP contribution < -0.4 is 5.56 Å². The number of nitrogens with one attached hydrogen (secondary N) is 1. The summed E-state index contributed by atoms with van der Waals surface area (Å²) in [5.41, 5.74) is 0.483. The Labute approximate surface area is 119 Å². The number of aromatic carboxylic acids is 1. The average molecular weight is 289 g/mol. The molecule has 0 radical (unpaired) electrons. The highest BCUT2D eigenvalue weighted by molar-refractivity contribution is 5.91. The third-order valence-electron chi connectivity index (χ3n) is 3.84. The zero-order valence-corrected chi connectivity index (χ0v) is 11.5. The molecule has 2 aromatic heterocycles. The lowest BCUT2D eigenvalue weighted by Gasteiger charge is -2.10. The third kappa shape index (κ3) is 1.93. The lowest BCUT2D eigenvalue weighted by Crippen LogP contribution is -2.20. The average Bonchev–Trinajstić information content (AvgIpc) is 2.74. The summed E-state index contributed by atoms with van der Waals surface area (Å²) in [6.07, 6.45) is 3.78. The van der Waals surface area contributed by atoms with Crippen LogP contribution in [0.15, 0.2) is 11.0 Å². The largest absolute Gasteiger partial charge is 0.506 e. The molecule has 0 saturated heterocycles. The highest BCUT2D eigenvalue weighted by Crippen LogP contribution is 2.33. The van der Waals surface area contributed by atoms with Crippen molar-refractivity contribution in [2.75, 3.05) is 0 Å². The van der Waals surface area contributed by atoms with E-state index in [2.05, 4.69) is 9.97 Å². The molecule has 0 saturated carbocycles. The quantitative estimate of drug-likeness (QED) is 0.768. The van der Waals surface area contributed by atoms with Crippen molar-refractivity contribution in [1.82, 2.24) is 14.5 Å². The lowest BCUT2D eigenvalue weighted by atomic mass is 10.0. The van der Waals surface area contributed by atoms with Crippen molar-refractivity contribution in [3.63, 3.8) is 0 Å². The Morgan fingerprint density at radius 1 is 1.52 bits per heavy atom. The summed E-state index contributed by atoms with van der Waals surface area (Å²) < 4.78 is 2.00. The number of aryl methyl sites for hydroxylation is 1. The summed E-state index contributed by atoms with van der Waals surface area (Å²) in [4.78, 5) is 29.9. The van der Waals surface area contributed by atoms with Gasteiger partial charge in [-0.1, -0.05) is 6.92 Å². The Balaban J connectivity index is 2.32. The molecule has 110 valence electrons. The van der Waals surface area contributed by atoms with Gasteiger partial charge in [0, 0.05) is 24.0 Å². The number of carboxylic acid groups (broad SMARTS) is 1. The van der Waals surface area contributed by atoms with Gasteiger partial charge in [-0.15, -0.1) is 0 Å². The summed E-state index contributed by atoms with van der Waals surface area (Å²) in [5, 5.41) is 19.2. The summed E-state index contributed by atoms with van der Waals surface area (Å²) in [6, 6.07) is 0. The minimum Gasteiger partial charge on any atom is -0.506 e. The van der Waals surface area contributed by atoms with E-state index in [4.69, 9.17) is 5.11 Å².